The molecule has 0 saturated carbocycles. The molecule has 0 aromatic carbocycles. The first-order valence-electron chi connectivity index (χ1n) is 5.98. The zero-order valence-corrected chi connectivity index (χ0v) is 12.2. The van der Waals surface area contributed by atoms with Gasteiger partial charge in [-0.2, -0.15) is 10.4 Å². The van der Waals surface area contributed by atoms with Crippen molar-refractivity contribution in [3.8, 4) is 6.07 Å². The minimum Gasteiger partial charge on any atom is -0.382 e. The molecule has 1 rings (SSSR count). The van der Waals surface area contributed by atoms with Gasteiger partial charge in [-0.15, -0.1) is 5.10 Å². The number of pyridine rings is 1. The number of nitrogens with zero attached hydrogens (tertiary/aromatic N) is 4. The van der Waals surface area contributed by atoms with Crippen LogP contribution in [0.15, 0.2) is 64.4 Å². The average molecular weight is 303 g/mol. The van der Waals surface area contributed by atoms with E-state index in [0.717, 1.165) is 5.12 Å². The Balaban J connectivity index is 2.77. The molecule has 1 heterocycles. The van der Waals surface area contributed by atoms with Crippen LogP contribution < -0.4 is 16.7 Å². The second-order valence-electron chi connectivity index (χ2n) is 3.78. The van der Waals surface area contributed by atoms with Crippen molar-refractivity contribution >= 4 is 23.3 Å². The van der Waals surface area contributed by atoms with Crippen LogP contribution in [0.3, 0.4) is 0 Å². The van der Waals surface area contributed by atoms with Crippen molar-refractivity contribution in [1.82, 2.24) is 4.98 Å². The van der Waals surface area contributed by atoms with E-state index in [4.69, 9.17) is 28.4 Å². The molecule has 0 radical (unpaired) electrons. The number of amidine groups is 1. The number of hydrazine groups is 1. The Labute approximate surface area is 128 Å². The molecule has 0 aliphatic carbocycles. The topological polar surface area (TPSA) is 104 Å². The molecule has 0 amide bonds. The van der Waals surface area contributed by atoms with Crippen molar-refractivity contribution < 1.29 is 0 Å². The lowest BCUT2D eigenvalue weighted by Crippen LogP contribution is -2.28. The predicted molar refractivity (Wildman–Crippen MR) is 85.0 cm³/mol. The van der Waals surface area contributed by atoms with E-state index in [1.807, 2.05) is 6.07 Å². The lowest BCUT2D eigenvalue weighted by molar-refractivity contribution is 0.895. The smallest absolute Gasteiger partial charge is 0.166 e. The van der Waals surface area contributed by atoms with Gasteiger partial charge in [0.05, 0.1) is 6.07 Å². The number of aromatic nitrogens is 1. The van der Waals surface area contributed by atoms with Crippen molar-refractivity contribution in [3.05, 3.63) is 59.3 Å². The Kier molecular flexibility index (Phi) is 6.68. The van der Waals surface area contributed by atoms with Crippen LogP contribution in [-0.2, 0) is 0 Å². The van der Waals surface area contributed by atoms with Gasteiger partial charge in [0.1, 0.15) is 5.84 Å². The molecule has 4 N–H and O–H groups in total. The molecule has 6 nitrogen and oxygen atoms in total. The van der Waals surface area contributed by atoms with E-state index in [2.05, 4.69) is 10.1 Å². The summed E-state index contributed by atoms with van der Waals surface area (Å²) in [6, 6.07) is 7.23. The zero-order chi connectivity index (χ0) is 15.7. The van der Waals surface area contributed by atoms with E-state index in [-0.39, 0.29) is 5.84 Å². The molecule has 21 heavy (non-hydrogen) atoms. The van der Waals surface area contributed by atoms with E-state index in [1.165, 1.54) is 18.2 Å². The Morgan fingerprint density at radius 2 is 2.24 bits per heavy atom. The van der Waals surface area contributed by atoms with E-state index >= 15 is 0 Å². The van der Waals surface area contributed by atoms with Gasteiger partial charge in [-0.25, -0.2) is 10.8 Å². The number of hydrazone groups is 1. The highest BCUT2D eigenvalue weighted by atomic mass is 35.5. The van der Waals surface area contributed by atoms with Gasteiger partial charge in [0.2, 0.25) is 0 Å². The Morgan fingerprint density at radius 1 is 1.48 bits per heavy atom. The fraction of sp³-hybridized carbons (Fsp3) is 0.0714. The normalized spacial score (nSPS) is 13.3. The largest absolute Gasteiger partial charge is 0.382 e. The number of allylic oxidation sites excluding steroid dienone is 5. The Hall–Kier alpha value is -2.62. The minimum absolute atomic E-state index is 0.147. The Morgan fingerprint density at radius 3 is 2.81 bits per heavy atom. The van der Waals surface area contributed by atoms with Gasteiger partial charge in [-0.1, -0.05) is 23.7 Å². The van der Waals surface area contributed by atoms with Crippen molar-refractivity contribution in [2.75, 3.05) is 5.12 Å². The predicted octanol–water partition coefficient (Wildman–Crippen LogP) is 2.18. The van der Waals surface area contributed by atoms with Crippen molar-refractivity contribution in [2.24, 2.45) is 16.7 Å². The summed E-state index contributed by atoms with van der Waals surface area (Å²) < 4.78 is 0. The fourth-order valence-corrected chi connectivity index (χ4v) is 1.42. The summed E-state index contributed by atoms with van der Waals surface area (Å²) in [6.45, 7) is 1.75. The number of hydrogen-bond donors (Lipinski definition) is 2. The summed E-state index contributed by atoms with van der Waals surface area (Å²) in [5.41, 5.74) is 6.16. The summed E-state index contributed by atoms with van der Waals surface area (Å²) in [5, 5.41) is 14.1. The monoisotopic (exact) mass is 302 g/mol. The molecular weight excluding hydrogens is 288 g/mol. The highest BCUT2D eigenvalue weighted by molar-refractivity contribution is 6.31. The molecule has 0 fully saturated rings. The van der Waals surface area contributed by atoms with Gasteiger partial charge in [-0.05, 0) is 37.3 Å². The van der Waals surface area contributed by atoms with E-state index in [9.17, 15) is 0 Å². The van der Waals surface area contributed by atoms with Crippen LogP contribution >= 0.6 is 11.6 Å². The number of halogens is 1. The maximum atomic E-state index is 8.77. The van der Waals surface area contributed by atoms with Crippen LogP contribution in [0.2, 0.25) is 0 Å². The number of nitrogens with two attached hydrogens (primary N) is 2. The summed E-state index contributed by atoms with van der Waals surface area (Å²) in [6.07, 6.45) is 7.76. The van der Waals surface area contributed by atoms with Crippen molar-refractivity contribution in [2.45, 2.75) is 6.92 Å². The number of nitriles is 1. The summed E-state index contributed by atoms with van der Waals surface area (Å²) in [5.74, 6) is 6.30. The number of hydrogen-bond acceptors (Lipinski definition) is 5. The van der Waals surface area contributed by atoms with E-state index in [1.54, 1.807) is 37.4 Å². The van der Waals surface area contributed by atoms with Crippen LogP contribution in [0.5, 0.6) is 0 Å². The van der Waals surface area contributed by atoms with Gasteiger partial charge >= 0.3 is 0 Å². The van der Waals surface area contributed by atoms with E-state index in [0.29, 0.717) is 16.4 Å². The average Bonchev–Trinajstić information content (AvgIpc) is 2.51. The minimum atomic E-state index is 0.147. The van der Waals surface area contributed by atoms with Crippen LogP contribution in [0.4, 0.5) is 5.82 Å². The molecule has 1 aromatic rings. The molecule has 7 heteroatoms. The SMILES string of the molecule is C\C=C(C#N)/C=C(Cl)\C=C\C(N)=N\N(N)c1ccccn1. The molecule has 1 aromatic heterocycles. The summed E-state index contributed by atoms with van der Waals surface area (Å²) in [4.78, 5) is 4.02. The number of anilines is 1. The summed E-state index contributed by atoms with van der Waals surface area (Å²) >= 11 is 5.95. The first-order valence-corrected chi connectivity index (χ1v) is 6.36. The first kappa shape index (κ1) is 16.4. The maximum Gasteiger partial charge on any atom is 0.166 e. The van der Waals surface area contributed by atoms with Gasteiger partial charge < -0.3 is 5.73 Å². The van der Waals surface area contributed by atoms with Crippen LogP contribution in [0.25, 0.3) is 0 Å². The molecule has 0 atom stereocenters. The van der Waals surface area contributed by atoms with Crippen LogP contribution in [0.1, 0.15) is 6.92 Å². The van der Waals surface area contributed by atoms with Crippen molar-refractivity contribution in [1.29, 1.82) is 5.26 Å². The maximum absolute atomic E-state index is 8.77. The fourth-order valence-electron chi connectivity index (χ4n) is 1.24. The van der Waals surface area contributed by atoms with Gasteiger partial charge in [0.15, 0.2) is 5.82 Å². The van der Waals surface area contributed by atoms with Gasteiger partial charge in [0.25, 0.3) is 0 Å². The summed E-state index contributed by atoms with van der Waals surface area (Å²) in [7, 11) is 0. The second kappa shape index (κ2) is 8.53. The lowest BCUT2D eigenvalue weighted by atomic mass is 10.2. The quantitative estimate of drug-likeness (QED) is 0.217. The van der Waals surface area contributed by atoms with Gasteiger partial charge in [0, 0.05) is 16.8 Å². The van der Waals surface area contributed by atoms with Crippen LogP contribution in [-0.4, -0.2) is 10.8 Å². The third kappa shape index (κ3) is 5.91. The lowest BCUT2D eigenvalue weighted by Gasteiger charge is -2.10. The standard InChI is InChI=1S/C14H15ClN6/c1-2-11(10-16)9-12(15)6-7-13(17)20-21(18)14-5-3-4-8-19-14/h2-9H,18H2,1H3,(H2,17,20)/b7-6+,11-2+,12-9+. The zero-order valence-electron chi connectivity index (χ0n) is 11.4. The van der Waals surface area contributed by atoms with Crippen molar-refractivity contribution in [3.63, 3.8) is 0 Å². The molecule has 0 aliphatic rings. The van der Waals surface area contributed by atoms with E-state index < -0.39 is 0 Å². The third-order valence-corrected chi connectivity index (χ3v) is 2.49. The first-order chi connectivity index (χ1) is 10.1. The second-order valence-corrected chi connectivity index (χ2v) is 4.21. The Bertz CT molecular complexity index is 625. The molecule has 108 valence electrons. The molecule has 0 bridgehead atoms. The highest BCUT2D eigenvalue weighted by Gasteiger charge is 1.99. The molecule has 0 spiro atoms. The molecule has 0 unspecified atom stereocenters. The third-order valence-electron chi connectivity index (χ3n) is 2.25. The van der Waals surface area contributed by atoms with Crippen LogP contribution in [0, 0.1) is 11.3 Å². The molecule has 0 aliphatic heterocycles. The highest BCUT2D eigenvalue weighted by Crippen LogP contribution is 2.08. The number of rotatable bonds is 5. The molecule has 0 saturated heterocycles. The molecular formula is C14H15ClN6. The van der Waals surface area contributed by atoms with Gasteiger partial charge in [-0.3, -0.25) is 0 Å².